The molecular formula is C23H18N4O5. The number of aromatic nitrogens is 3. The van der Waals surface area contributed by atoms with Gasteiger partial charge in [0.15, 0.2) is 6.61 Å². The van der Waals surface area contributed by atoms with Crippen LogP contribution in [0.2, 0.25) is 0 Å². The second-order valence-corrected chi connectivity index (χ2v) is 7.09. The third-order valence-electron chi connectivity index (χ3n) is 5.04. The number of nitrogens with one attached hydrogen (secondary N) is 1. The van der Waals surface area contributed by atoms with Crippen molar-refractivity contribution < 1.29 is 23.5 Å². The van der Waals surface area contributed by atoms with Crippen molar-refractivity contribution in [2.75, 3.05) is 19.0 Å². The number of methoxy groups -OCH3 is 1. The van der Waals surface area contributed by atoms with Crippen molar-refractivity contribution >= 4 is 50.5 Å². The minimum absolute atomic E-state index is 0.151. The summed E-state index contributed by atoms with van der Waals surface area (Å²) in [4.78, 5) is 24.6. The Hall–Kier alpha value is -4.40. The first-order valence-corrected chi connectivity index (χ1v) is 9.85. The quantitative estimate of drug-likeness (QED) is 0.411. The zero-order valence-corrected chi connectivity index (χ0v) is 17.1. The van der Waals surface area contributed by atoms with Crippen molar-refractivity contribution in [3.63, 3.8) is 0 Å². The highest BCUT2D eigenvalue weighted by molar-refractivity contribution is 6.07. The number of hydrogen-bond acceptors (Lipinski definition) is 7. The van der Waals surface area contributed by atoms with Crippen LogP contribution in [0.15, 0.2) is 65.1 Å². The monoisotopic (exact) mass is 430 g/mol. The summed E-state index contributed by atoms with van der Waals surface area (Å²) in [5.74, 6) is -0.635. The zero-order valence-electron chi connectivity index (χ0n) is 17.1. The van der Waals surface area contributed by atoms with Crippen LogP contribution in [0.3, 0.4) is 0 Å². The van der Waals surface area contributed by atoms with Gasteiger partial charge < -0.3 is 19.2 Å². The highest BCUT2D eigenvalue weighted by Gasteiger charge is 2.16. The van der Waals surface area contributed by atoms with Gasteiger partial charge in [0, 0.05) is 16.8 Å². The minimum atomic E-state index is -0.601. The molecule has 1 amide bonds. The van der Waals surface area contributed by atoms with Gasteiger partial charge in [-0.3, -0.25) is 9.59 Å². The first kappa shape index (κ1) is 19.6. The number of rotatable bonds is 6. The molecule has 160 valence electrons. The Labute approximate surface area is 181 Å². The van der Waals surface area contributed by atoms with Gasteiger partial charge in [-0.25, -0.2) is 4.68 Å². The average Bonchev–Trinajstić information content (AvgIpc) is 3.38. The zero-order chi connectivity index (χ0) is 22.1. The molecule has 0 atom stereocenters. The fourth-order valence-electron chi connectivity index (χ4n) is 3.55. The van der Waals surface area contributed by atoms with E-state index in [0.29, 0.717) is 28.1 Å². The Morgan fingerprint density at radius 3 is 2.72 bits per heavy atom. The van der Waals surface area contributed by atoms with Gasteiger partial charge in [-0.05, 0) is 24.3 Å². The van der Waals surface area contributed by atoms with Gasteiger partial charge >= 0.3 is 5.97 Å². The number of fused-ring (bicyclic) bond motifs is 4. The summed E-state index contributed by atoms with van der Waals surface area (Å²) in [7, 11) is 1.52. The number of carbonyl (C=O) groups is 2. The summed E-state index contributed by atoms with van der Waals surface area (Å²) in [6.07, 6.45) is 0. The average molecular weight is 430 g/mol. The summed E-state index contributed by atoms with van der Waals surface area (Å²) in [6.45, 7) is -0.602. The second kappa shape index (κ2) is 8.03. The van der Waals surface area contributed by atoms with E-state index < -0.39 is 18.5 Å². The molecule has 0 saturated heterocycles. The van der Waals surface area contributed by atoms with Crippen molar-refractivity contribution in [2.45, 2.75) is 6.54 Å². The lowest BCUT2D eigenvalue weighted by Gasteiger charge is -2.11. The van der Waals surface area contributed by atoms with Gasteiger partial charge in [-0.2, -0.15) is 0 Å². The first-order valence-electron chi connectivity index (χ1n) is 9.85. The lowest BCUT2D eigenvalue weighted by Crippen LogP contribution is -2.23. The Morgan fingerprint density at radius 2 is 1.84 bits per heavy atom. The topological polar surface area (TPSA) is 108 Å². The molecule has 0 unspecified atom stereocenters. The van der Waals surface area contributed by atoms with Gasteiger partial charge in [0.2, 0.25) is 0 Å². The fourth-order valence-corrected chi connectivity index (χ4v) is 3.55. The molecule has 0 aliphatic carbocycles. The van der Waals surface area contributed by atoms with Gasteiger partial charge in [-0.1, -0.05) is 35.5 Å². The molecule has 0 fully saturated rings. The van der Waals surface area contributed by atoms with E-state index in [4.69, 9.17) is 13.9 Å². The number of esters is 1. The van der Waals surface area contributed by atoms with E-state index in [-0.39, 0.29) is 6.54 Å². The van der Waals surface area contributed by atoms with E-state index in [0.717, 1.165) is 16.4 Å². The van der Waals surface area contributed by atoms with E-state index in [9.17, 15) is 9.59 Å². The molecule has 0 aliphatic heterocycles. The standard InChI is InChI=1S/C23H18N4O5/c1-30-21-10-15-14-6-2-5-9-19(14)32-20(15)11-17(21)24-22(28)13-31-23(29)12-27-18-8-4-3-7-16(18)25-26-27/h2-11H,12-13H2,1H3,(H,24,28). The predicted molar refractivity (Wildman–Crippen MR) is 117 cm³/mol. The van der Waals surface area contributed by atoms with Crippen LogP contribution >= 0.6 is 0 Å². The Balaban J connectivity index is 1.27. The number of benzene rings is 3. The molecule has 1 N–H and O–H groups in total. The maximum absolute atomic E-state index is 12.4. The smallest absolute Gasteiger partial charge is 0.328 e. The molecule has 0 saturated carbocycles. The number of carbonyl (C=O) groups excluding carboxylic acids is 2. The van der Waals surface area contributed by atoms with Crippen molar-refractivity contribution in [2.24, 2.45) is 0 Å². The van der Waals surface area contributed by atoms with E-state index in [1.807, 2.05) is 36.4 Å². The lowest BCUT2D eigenvalue weighted by atomic mass is 10.1. The molecular weight excluding hydrogens is 412 g/mol. The van der Waals surface area contributed by atoms with E-state index >= 15 is 0 Å². The molecule has 2 heterocycles. The molecule has 2 aromatic heterocycles. The van der Waals surface area contributed by atoms with E-state index in [1.54, 1.807) is 24.3 Å². The van der Waals surface area contributed by atoms with E-state index in [2.05, 4.69) is 15.6 Å². The summed E-state index contributed by atoms with van der Waals surface area (Å²) in [5.41, 5.74) is 3.14. The van der Waals surface area contributed by atoms with Gasteiger partial charge in [-0.15, -0.1) is 5.10 Å². The fraction of sp³-hybridized carbons (Fsp3) is 0.130. The summed E-state index contributed by atoms with van der Waals surface area (Å²) >= 11 is 0. The van der Waals surface area contributed by atoms with Crippen LogP contribution in [0.4, 0.5) is 5.69 Å². The van der Waals surface area contributed by atoms with Crippen LogP contribution in [-0.2, 0) is 20.9 Å². The predicted octanol–water partition coefficient (Wildman–Crippen LogP) is 3.52. The molecule has 0 radical (unpaired) electrons. The number of nitrogens with zero attached hydrogens (tertiary/aromatic N) is 3. The highest BCUT2D eigenvalue weighted by atomic mass is 16.5. The largest absolute Gasteiger partial charge is 0.495 e. The van der Waals surface area contributed by atoms with Crippen LogP contribution < -0.4 is 10.1 Å². The normalized spacial score (nSPS) is 11.2. The summed E-state index contributed by atoms with van der Waals surface area (Å²) < 4.78 is 17.8. The van der Waals surface area contributed by atoms with Crippen LogP contribution in [-0.4, -0.2) is 40.6 Å². The van der Waals surface area contributed by atoms with Gasteiger partial charge in [0.05, 0.1) is 18.3 Å². The van der Waals surface area contributed by atoms with E-state index in [1.165, 1.54) is 11.8 Å². The molecule has 0 bridgehead atoms. The van der Waals surface area contributed by atoms with Crippen molar-refractivity contribution in [1.82, 2.24) is 15.0 Å². The first-order chi connectivity index (χ1) is 15.6. The lowest BCUT2D eigenvalue weighted by molar-refractivity contribution is -0.148. The van der Waals surface area contributed by atoms with Gasteiger partial charge in [0.1, 0.15) is 29.0 Å². The number of furan rings is 1. The van der Waals surface area contributed by atoms with Crippen LogP contribution in [0, 0.1) is 0 Å². The molecule has 5 aromatic rings. The second-order valence-electron chi connectivity index (χ2n) is 7.09. The van der Waals surface area contributed by atoms with Crippen molar-refractivity contribution in [3.8, 4) is 5.75 Å². The van der Waals surface area contributed by atoms with Gasteiger partial charge in [0.25, 0.3) is 5.91 Å². The molecule has 0 aliphatic rings. The van der Waals surface area contributed by atoms with Crippen LogP contribution in [0.1, 0.15) is 0 Å². The van der Waals surface area contributed by atoms with Crippen molar-refractivity contribution in [3.05, 3.63) is 60.7 Å². The highest BCUT2D eigenvalue weighted by Crippen LogP contribution is 2.36. The SMILES string of the molecule is COc1cc2c(cc1NC(=O)COC(=O)Cn1nnc3ccccc31)oc1ccccc12. The number of anilines is 1. The molecule has 5 rings (SSSR count). The van der Waals surface area contributed by atoms with Crippen LogP contribution in [0.25, 0.3) is 33.0 Å². The Bertz CT molecular complexity index is 1470. The number of hydrogen-bond donors (Lipinski definition) is 1. The number of ether oxygens (including phenoxy) is 2. The Kier molecular flexibility index (Phi) is 4.91. The molecule has 0 spiro atoms. The molecule has 9 heteroatoms. The molecule has 9 nitrogen and oxygen atoms in total. The molecule has 32 heavy (non-hydrogen) atoms. The minimum Gasteiger partial charge on any atom is -0.495 e. The maximum atomic E-state index is 12.4. The van der Waals surface area contributed by atoms with Crippen molar-refractivity contribution in [1.29, 1.82) is 0 Å². The Morgan fingerprint density at radius 1 is 1.03 bits per heavy atom. The maximum Gasteiger partial charge on any atom is 0.328 e. The summed E-state index contributed by atoms with van der Waals surface area (Å²) in [6, 6.07) is 18.4. The number of amides is 1. The number of para-hydroxylation sites is 2. The van der Waals surface area contributed by atoms with Crippen LogP contribution in [0.5, 0.6) is 5.75 Å². The molecule has 3 aromatic carbocycles. The third kappa shape index (κ3) is 3.60. The summed E-state index contributed by atoms with van der Waals surface area (Å²) in [5, 5.41) is 12.5. The third-order valence-corrected chi connectivity index (χ3v) is 5.04.